The molecule has 2 saturated heterocycles. The summed E-state index contributed by atoms with van der Waals surface area (Å²) >= 11 is 1.41. The van der Waals surface area contributed by atoms with E-state index in [1.54, 1.807) is 40.6 Å². The highest BCUT2D eigenvalue weighted by Gasteiger charge is 2.67. The molecule has 1 saturated carbocycles. The number of nitrogens with two attached hydrogens (primary N) is 1. The van der Waals surface area contributed by atoms with Crippen LogP contribution in [0.25, 0.3) is 0 Å². The van der Waals surface area contributed by atoms with Crippen molar-refractivity contribution in [3.8, 4) is 11.5 Å². The molecule has 236 valence electrons. The van der Waals surface area contributed by atoms with E-state index in [2.05, 4.69) is 10.6 Å². The Bertz CT molecular complexity index is 1540. The van der Waals surface area contributed by atoms with Crippen molar-refractivity contribution in [3.63, 3.8) is 0 Å². The number of carbonyl (C=O) groups is 3. The summed E-state index contributed by atoms with van der Waals surface area (Å²) in [6, 6.07) is 17.0. The van der Waals surface area contributed by atoms with Gasteiger partial charge in [-0.05, 0) is 74.6 Å². The summed E-state index contributed by atoms with van der Waals surface area (Å²) in [7, 11) is 0. The number of para-hydroxylation sites is 1. The van der Waals surface area contributed by atoms with E-state index in [1.807, 2.05) is 30.3 Å². The molecule has 3 fully saturated rings. The molecular formula is C33H37N5O6S. The number of benzene rings is 2. The number of ether oxygens (including phenoxy) is 3. The molecule has 2 aromatic carbocycles. The number of nitrogens with zero attached hydrogens (tertiary/aromatic N) is 1. The average molecular weight is 632 g/mol. The highest BCUT2D eigenvalue weighted by atomic mass is 32.1. The lowest BCUT2D eigenvalue weighted by Gasteiger charge is -2.27. The fourth-order valence-electron chi connectivity index (χ4n) is 6.08. The van der Waals surface area contributed by atoms with Gasteiger partial charge in [-0.25, -0.2) is 0 Å². The van der Waals surface area contributed by atoms with Crippen LogP contribution in [0.5, 0.6) is 11.5 Å². The van der Waals surface area contributed by atoms with E-state index in [4.69, 9.17) is 25.4 Å². The van der Waals surface area contributed by atoms with Crippen molar-refractivity contribution >= 4 is 34.9 Å². The second kappa shape index (κ2) is 13.4. The Labute approximate surface area is 265 Å². The van der Waals surface area contributed by atoms with Gasteiger partial charge >= 0.3 is 0 Å². The standard InChI is InChI=1S/C33H37N5O6S/c34-30(35)22-14-25(45-19-22)17-36-32(41)26-15-33(20-43-29-8-4-5-13-42-29)16-27(33)38(26)28(39)18-37-31(40)21-9-11-24(12-10-21)44-23-6-2-1-3-7-23/h1-3,6-7,9-12,14,19,26-27,29H,4-5,8,13,15-18,20H2,(H3,34,35)(H,36,41)(H,37,40)/t26-,27-,29?,33+/m0/s1. The lowest BCUT2D eigenvalue weighted by atomic mass is 10.00. The summed E-state index contributed by atoms with van der Waals surface area (Å²) in [6.45, 7) is 1.11. The second-order valence-corrected chi connectivity index (χ2v) is 12.8. The number of piperidine rings is 1. The van der Waals surface area contributed by atoms with Gasteiger partial charge < -0.3 is 35.5 Å². The Kier molecular flexibility index (Phi) is 9.15. The first-order valence-electron chi connectivity index (χ1n) is 15.2. The molecule has 1 aromatic heterocycles. The normalized spacial score (nSPS) is 23.6. The number of hydrogen-bond donors (Lipinski definition) is 4. The highest BCUT2D eigenvalue weighted by molar-refractivity contribution is 7.10. The van der Waals surface area contributed by atoms with Crippen molar-refractivity contribution in [2.24, 2.45) is 11.1 Å². The maximum atomic E-state index is 13.6. The van der Waals surface area contributed by atoms with Crippen LogP contribution < -0.4 is 21.1 Å². The molecule has 3 aliphatic rings. The van der Waals surface area contributed by atoms with Crippen molar-refractivity contribution in [2.45, 2.75) is 57.0 Å². The summed E-state index contributed by atoms with van der Waals surface area (Å²) in [4.78, 5) is 42.5. The molecule has 0 radical (unpaired) electrons. The minimum atomic E-state index is -0.689. The third kappa shape index (κ3) is 7.19. The first kappa shape index (κ1) is 30.8. The number of likely N-dealkylation sites (tertiary alicyclic amines) is 1. The first-order valence-corrected chi connectivity index (χ1v) is 16.0. The average Bonchev–Trinajstić information content (AvgIpc) is 3.38. The van der Waals surface area contributed by atoms with Crippen LogP contribution in [0.4, 0.5) is 0 Å². The molecule has 3 aromatic rings. The largest absolute Gasteiger partial charge is 0.457 e. The molecule has 1 unspecified atom stereocenters. The van der Waals surface area contributed by atoms with Crippen LogP contribution in [0, 0.1) is 10.8 Å². The first-order chi connectivity index (χ1) is 21.8. The number of hydrogen-bond acceptors (Lipinski definition) is 8. The van der Waals surface area contributed by atoms with Crippen molar-refractivity contribution in [1.82, 2.24) is 15.5 Å². The van der Waals surface area contributed by atoms with Gasteiger partial charge in [-0.15, -0.1) is 11.3 Å². The van der Waals surface area contributed by atoms with E-state index in [-0.39, 0.29) is 48.5 Å². The molecule has 4 atom stereocenters. The fraction of sp³-hybridized carbons (Fsp3) is 0.394. The zero-order valence-corrected chi connectivity index (χ0v) is 25.6. The number of nitrogens with one attached hydrogen (secondary N) is 3. The maximum Gasteiger partial charge on any atom is 0.251 e. The number of amides is 3. The molecule has 2 aliphatic heterocycles. The lowest BCUT2D eigenvalue weighted by molar-refractivity contribution is -0.171. The van der Waals surface area contributed by atoms with Crippen molar-refractivity contribution in [3.05, 3.63) is 82.0 Å². The number of thiophene rings is 1. The van der Waals surface area contributed by atoms with E-state index in [1.165, 1.54) is 11.3 Å². The molecule has 12 heteroatoms. The van der Waals surface area contributed by atoms with Gasteiger partial charge in [-0.1, -0.05) is 18.2 Å². The minimum absolute atomic E-state index is 0.0288. The summed E-state index contributed by atoms with van der Waals surface area (Å²) in [5.41, 5.74) is 6.26. The highest BCUT2D eigenvalue weighted by Crippen LogP contribution is 2.60. The van der Waals surface area contributed by atoms with Gasteiger partial charge in [0.1, 0.15) is 23.4 Å². The molecule has 3 amide bonds. The molecule has 11 nitrogen and oxygen atoms in total. The molecule has 6 rings (SSSR count). The quantitative estimate of drug-likeness (QED) is 0.175. The van der Waals surface area contributed by atoms with Crippen molar-refractivity contribution < 1.29 is 28.6 Å². The number of nitrogen functional groups attached to an aromatic ring is 1. The Morgan fingerprint density at radius 1 is 1.02 bits per heavy atom. The van der Waals surface area contributed by atoms with E-state index in [0.29, 0.717) is 42.3 Å². The van der Waals surface area contributed by atoms with Crippen LogP contribution in [-0.2, 0) is 25.6 Å². The minimum Gasteiger partial charge on any atom is -0.457 e. The fourth-order valence-corrected chi connectivity index (χ4v) is 6.90. The number of carbonyl (C=O) groups excluding carboxylic acids is 3. The van der Waals surface area contributed by atoms with Crippen LogP contribution in [0.3, 0.4) is 0 Å². The second-order valence-electron chi connectivity index (χ2n) is 11.8. The molecule has 5 N–H and O–H groups in total. The Morgan fingerprint density at radius 3 is 2.51 bits per heavy atom. The van der Waals surface area contributed by atoms with Gasteiger partial charge in [0.05, 0.1) is 19.7 Å². The molecule has 45 heavy (non-hydrogen) atoms. The van der Waals surface area contributed by atoms with E-state index in [9.17, 15) is 14.4 Å². The summed E-state index contributed by atoms with van der Waals surface area (Å²) in [5, 5.41) is 15.1. The molecule has 0 spiro atoms. The summed E-state index contributed by atoms with van der Waals surface area (Å²) < 4.78 is 17.7. The van der Waals surface area contributed by atoms with Crippen LogP contribution >= 0.6 is 11.3 Å². The summed E-state index contributed by atoms with van der Waals surface area (Å²) in [6.07, 6.45) is 3.85. The van der Waals surface area contributed by atoms with E-state index < -0.39 is 11.9 Å². The molecule has 1 aliphatic carbocycles. The van der Waals surface area contributed by atoms with Gasteiger partial charge in [0.25, 0.3) is 5.91 Å². The van der Waals surface area contributed by atoms with Gasteiger partial charge in [-0.3, -0.25) is 19.8 Å². The van der Waals surface area contributed by atoms with Gasteiger partial charge in [0.15, 0.2) is 6.29 Å². The van der Waals surface area contributed by atoms with Crippen molar-refractivity contribution in [2.75, 3.05) is 19.8 Å². The van der Waals surface area contributed by atoms with Gasteiger partial charge in [0, 0.05) is 39.4 Å². The third-order valence-corrected chi connectivity index (χ3v) is 9.54. The Hall–Kier alpha value is -4.26. The zero-order chi connectivity index (χ0) is 31.4. The van der Waals surface area contributed by atoms with E-state index in [0.717, 1.165) is 30.6 Å². The van der Waals surface area contributed by atoms with Crippen molar-refractivity contribution in [1.29, 1.82) is 5.41 Å². The van der Waals surface area contributed by atoms with Crippen LogP contribution in [0.15, 0.2) is 66.0 Å². The maximum absolute atomic E-state index is 13.6. The van der Waals surface area contributed by atoms with E-state index >= 15 is 0 Å². The molecular weight excluding hydrogens is 594 g/mol. The predicted octanol–water partition coefficient (Wildman–Crippen LogP) is 3.77. The Morgan fingerprint density at radius 2 is 1.80 bits per heavy atom. The third-order valence-electron chi connectivity index (χ3n) is 8.60. The predicted molar refractivity (Wildman–Crippen MR) is 168 cm³/mol. The molecule has 0 bridgehead atoms. The number of amidine groups is 1. The lowest BCUT2D eigenvalue weighted by Crippen LogP contribution is -2.50. The SMILES string of the molecule is N=C(N)c1csc(CNC(=O)[C@@H]2C[C@]3(COC4CCCCO4)C[C@@H]3N2C(=O)CNC(=O)c2ccc(Oc3ccccc3)cc2)c1. The number of fused-ring (bicyclic) bond motifs is 1. The molecule has 3 heterocycles. The monoisotopic (exact) mass is 631 g/mol. The van der Waals surface area contributed by atoms with Gasteiger partial charge in [0.2, 0.25) is 11.8 Å². The van der Waals surface area contributed by atoms with Crippen LogP contribution in [0.2, 0.25) is 0 Å². The van der Waals surface area contributed by atoms with Crippen LogP contribution in [-0.4, -0.2) is 66.6 Å². The topological polar surface area (TPSA) is 156 Å². The van der Waals surface area contributed by atoms with Gasteiger partial charge in [-0.2, -0.15) is 0 Å². The summed E-state index contributed by atoms with van der Waals surface area (Å²) in [5.74, 6) is 0.273. The number of rotatable bonds is 12. The zero-order valence-electron chi connectivity index (χ0n) is 24.8. The van der Waals surface area contributed by atoms with Crippen LogP contribution in [0.1, 0.15) is 52.9 Å². The smallest absolute Gasteiger partial charge is 0.251 e. The Balaban J connectivity index is 1.08.